The Bertz CT molecular complexity index is 271. The van der Waals surface area contributed by atoms with Crippen molar-refractivity contribution in [2.45, 2.75) is 38.6 Å². The zero-order valence-electron chi connectivity index (χ0n) is 9.70. The lowest BCUT2D eigenvalue weighted by Gasteiger charge is -2.30. The minimum atomic E-state index is -3.02. The standard InChI is InChI=1S/C10H22N2O2S/c1-3-4-9-15(13,14)12(2)10-5-7-11-8-6-10/h10-11H,3-9H2,1-2H3. The Morgan fingerprint density at radius 2 is 1.93 bits per heavy atom. The maximum Gasteiger partial charge on any atom is 0.214 e. The highest BCUT2D eigenvalue weighted by Gasteiger charge is 2.26. The van der Waals surface area contributed by atoms with Crippen LogP contribution >= 0.6 is 0 Å². The molecule has 1 saturated heterocycles. The fourth-order valence-corrected chi connectivity index (χ4v) is 3.47. The number of hydrogen-bond acceptors (Lipinski definition) is 3. The van der Waals surface area contributed by atoms with Crippen molar-refractivity contribution in [3.05, 3.63) is 0 Å². The average Bonchev–Trinajstić information content (AvgIpc) is 2.26. The van der Waals surface area contributed by atoms with E-state index < -0.39 is 10.0 Å². The summed E-state index contributed by atoms with van der Waals surface area (Å²) in [6.45, 7) is 3.87. The van der Waals surface area contributed by atoms with E-state index in [1.807, 2.05) is 6.92 Å². The number of nitrogens with zero attached hydrogens (tertiary/aromatic N) is 1. The summed E-state index contributed by atoms with van der Waals surface area (Å²) in [5, 5.41) is 3.24. The summed E-state index contributed by atoms with van der Waals surface area (Å²) < 4.78 is 25.4. The second-order valence-corrected chi connectivity index (χ2v) is 6.31. The molecule has 4 nitrogen and oxygen atoms in total. The van der Waals surface area contributed by atoms with Gasteiger partial charge in [-0.05, 0) is 32.4 Å². The van der Waals surface area contributed by atoms with Crippen LogP contribution in [0.1, 0.15) is 32.6 Å². The van der Waals surface area contributed by atoms with Gasteiger partial charge in [-0.3, -0.25) is 0 Å². The Morgan fingerprint density at radius 3 is 2.47 bits per heavy atom. The molecule has 0 aromatic rings. The van der Waals surface area contributed by atoms with Crippen molar-refractivity contribution in [3.63, 3.8) is 0 Å². The van der Waals surface area contributed by atoms with E-state index in [4.69, 9.17) is 0 Å². The lowest BCUT2D eigenvalue weighted by molar-refractivity contribution is 0.296. The molecule has 1 fully saturated rings. The second kappa shape index (κ2) is 5.82. The summed E-state index contributed by atoms with van der Waals surface area (Å²) >= 11 is 0. The zero-order valence-corrected chi connectivity index (χ0v) is 10.5. The first-order valence-corrected chi connectivity index (χ1v) is 7.35. The van der Waals surface area contributed by atoms with E-state index in [0.29, 0.717) is 5.75 Å². The summed E-state index contributed by atoms with van der Waals surface area (Å²) in [6.07, 6.45) is 3.56. The van der Waals surface area contributed by atoms with Crippen LogP contribution in [0.4, 0.5) is 0 Å². The first kappa shape index (κ1) is 12.9. The van der Waals surface area contributed by atoms with Crippen molar-refractivity contribution in [3.8, 4) is 0 Å². The molecule has 1 aliphatic rings. The molecule has 1 aliphatic heterocycles. The number of sulfonamides is 1. The number of hydrogen-bond donors (Lipinski definition) is 1. The van der Waals surface area contributed by atoms with Gasteiger partial charge in [0.15, 0.2) is 0 Å². The van der Waals surface area contributed by atoms with Gasteiger partial charge in [0.2, 0.25) is 10.0 Å². The molecular weight excluding hydrogens is 212 g/mol. The van der Waals surface area contributed by atoms with Gasteiger partial charge >= 0.3 is 0 Å². The molecule has 0 amide bonds. The lowest BCUT2D eigenvalue weighted by Crippen LogP contribution is -2.44. The quantitative estimate of drug-likeness (QED) is 0.765. The fraction of sp³-hybridized carbons (Fsp3) is 1.00. The largest absolute Gasteiger partial charge is 0.317 e. The molecule has 0 aromatic carbocycles. The van der Waals surface area contributed by atoms with Crippen molar-refractivity contribution >= 4 is 10.0 Å². The zero-order chi connectivity index (χ0) is 11.3. The average molecular weight is 234 g/mol. The van der Waals surface area contributed by atoms with Gasteiger partial charge in [-0.15, -0.1) is 0 Å². The topological polar surface area (TPSA) is 49.4 Å². The summed E-state index contributed by atoms with van der Waals surface area (Å²) in [4.78, 5) is 0. The molecule has 90 valence electrons. The Morgan fingerprint density at radius 1 is 1.33 bits per heavy atom. The van der Waals surface area contributed by atoms with E-state index in [1.54, 1.807) is 11.4 Å². The van der Waals surface area contributed by atoms with Crippen LogP contribution in [0.3, 0.4) is 0 Å². The molecule has 0 unspecified atom stereocenters. The molecule has 0 aromatic heterocycles. The van der Waals surface area contributed by atoms with Crippen molar-refractivity contribution in [1.82, 2.24) is 9.62 Å². The Labute approximate surface area is 93.1 Å². The lowest BCUT2D eigenvalue weighted by atomic mass is 10.1. The van der Waals surface area contributed by atoms with Crippen LogP contribution in [0.2, 0.25) is 0 Å². The number of rotatable bonds is 5. The molecule has 0 bridgehead atoms. The van der Waals surface area contributed by atoms with Gasteiger partial charge in [-0.2, -0.15) is 0 Å². The predicted molar refractivity (Wildman–Crippen MR) is 62.3 cm³/mol. The highest BCUT2D eigenvalue weighted by Crippen LogP contribution is 2.14. The Balaban J connectivity index is 2.53. The minimum Gasteiger partial charge on any atom is -0.317 e. The molecule has 0 aliphatic carbocycles. The summed E-state index contributed by atoms with van der Waals surface area (Å²) in [6, 6.07) is 0.202. The molecule has 0 spiro atoms. The molecule has 0 atom stereocenters. The Kier molecular flexibility index (Phi) is 5.02. The van der Waals surface area contributed by atoms with Crippen molar-refractivity contribution in [2.24, 2.45) is 0 Å². The highest BCUT2D eigenvalue weighted by atomic mass is 32.2. The third kappa shape index (κ3) is 3.74. The number of nitrogens with one attached hydrogen (secondary N) is 1. The molecule has 15 heavy (non-hydrogen) atoms. The third-order valence-electron chi connectivity index (χ3n) is 3.02. The second-order valence-electron chi connectivity index (χ2n) is 4.17. The van der Waals surface area contributed by atoms with Crippen LogP contribution in [-0.4, -0.2) is 44.7 Å². The predicted octanol–water partition coefficient (Wildman–Crippen LogP) is 0.800. The number of unbranched alkanes of at least 4 members (excludes halogenated alkanes) is 1. The van der Waals surface area contributed by atoms with E-state index >= 15 is 0 Å². The third-order valence-corrected chi connectivity index (χ3v) is 5.00. The van der Waals surface area contributed by atoms with Crippen molar-refractivity contribution in [2.75, 3.05) is 25.9 Å². The smallest absolute Gasteiger partial charge is 0.214 e. The van der Waals surface area contributed by atoms with Gasteiger partial charge < -0.3 is 5.32 Å². The maximum atomic E-state index is 11.9. The summed E-state index contributed by atoms with van der Waals surface area (Å²) in [5.74, 6) is 0.296. The van der Waals surface area contributed by atoms with Crippen LogP contribution in [-0.2, 0) is 10.0 Å². The normalized spacial score (nSPS) is 19.7. The van der Waals surface area contributed by atoms with Gasteiger partial charge in [0, 0.05) is 13.1 Å². The molecule has 5 heteroatoms. The van der Waals surface area contributed by atoms with Crippen LogP contribution in [0.5, 0.6) is 0 Å². The van der Waals surface area contributed by atoms with E-state index in [-0.39, 0.29) is 6.04 Å². The van der Waals surface area contributed by atoms with Crippen molar-refractivity contribution < 1.29 is 8.42 Å². The molecule has 1 N–H and O–H groups in total. The molecule has 0 saturated carbocycles. The van der Waals surface area contributed by atoms with Gasteiger partial charge in [-0.1, -0.05) is 13.3 Å². The van der Waals surface area contributed by atoms with Crippen LogP contribution < -0.4 is 5.32 Å². The van der Waals surface area contributed by atoms with E-state index in [2.05, 4.69) is 5.32 Å². The maximum absolute atomic E-state index is 11.9. The van der Waals surface area contributed by atoms with Crippen molar-refractivity contribution in [1.29, 1.82) is 0 Å². The van der Waals surface area contributed by atoms with E-state index in [0.717, 1.165) is 38.8 Å². The molecular formula is C10H22N2O2S. The van der Waals surface area contributed by atoms with Gasteiger partial charge in [0.1, 0.15) is 0 Å². The SMILES string of the molecule is CCCCS(=O)(=O)N(C)C1CCNCC1. The fourth-order valence-electron chi connectivity index (χ4n) is 1.87. The first-order chi connectivity index (χ1) is 7.08. The Hall–Kier alpha value is -0.130. The van der Waals surface area contributed by atoms with E-state index in [9.17, 15) is 8.42 Å². The first-order valence-electron chi connectivity index (χ1n) is 5.74. The molecule has 1 heterocycles. The van der Waals surface area contributed by atoms with Gasteiger partial charge in [0.05, 0.1) is 5.75 Å². The summed E-state index contributed by atoms with van der Waals surface area (Å²) in [7, 11) is -1.29. The van der Waals surface area contributed by atoms with Gasteiger partial charge in [0.25, 0.3) is 0 Å². The number of piperidine rings is 1. The monoisotopic (exact) mass is 234 g/mol. The van der Waals surface area contributed by atoms with Crippen LogP contribution in [0.25, 0.3) is 0 Å². The van der Waals surface area contributed by atoms with E-state index in [1.165, 1.54) is 0 Å². The molecule has 1 rings (SSSR count). The molecule has 0 radical (unpaired) electrons. The van der Waals surface area contributed by atoms with Crippen LogP contribution in [0.15, 0.2) is 0 Å². The van der Waals surface area contributed by atoms with Crippen LogP contribution in [0, 0.1) is 0 Å². The summed E-state index contributed by atoms with van der Waals surface area (Å²) in [5.41, 5.74) is 0. The highest BCUT2D eigenvalue weighted by molar-refractivity contribution is 7.89. The van der Waals surface area contributed by atoms with Gasteiger partial charge in [-0.25, -0.2) is 12.7 Å². The minimum absolute atomic E-state index is 0.202.